The van der Waals surface area contributed by atoms with Gasteiger partial charge in [-0.05, 0) is 73.5 Å². The second kappa shape index (κ2) is 30.5. The Hall–Kier alpha value is -0.530. The molecular formula is C52H104O2. The molecule has 2 nitrogen and oxygen atoms in total. The number of carbonyl (C=O) groups excluding carboxylic acids is 1. The van der Waals surface area contributed by atoms with Gasteiger partial charge in [0.2, 0.25) is 0 Å². The van der Waals surface area contributed by atoms with Crippen molar-refractivity contribution >= 4 is 5.97 Å². The quantitative estimate of drug-likeness (QED) is 0.0461. The fraction of sp³-hybridized carbons (Fsp3) is 0.981. The molecule has 54 heavy (non-hydrogen) atoms. The largest absolute Gasteiger partial charge is 0.465 e. The summed E-state index contributed by atoms with van der Waals surface area (Å²) >= 11 is 0. The third kappa shape index (κ3) is 19.8. The molecule has 0 aliphatic carbocycles. The van der Waals surface area contributed by atoms with Crippen LogP contribution in [0.25, 0.3) is 0 Å². The van der Waals surface area contributed by atoms with E-state index in [1.807, 2.05) is 0 Å². The van der Waals surface area contributed by atoms with Crippen LogP contribution in [0.2, 0.25) is 0 Å². The van der Waals surface area contributed by atoms with Crippen LogP contribution < -0.4 is 0 Å². The molecule has 0 saturated carbocycles. The molecule has 1 unspecified atom stereocenters. The molecule has 0 aromatic heterocycles. The van der Waals surface area contributed by atoms with Crippen molar-refractivity contribution in [3.8, 4) is 0 Å². The van der Waals surface area contributed by atoms with Gasteiger partial charge >= 0.3 is 5.97 Å². The number of carbonyl (C=O) groups is 1. The summed E-state index contributed by atoms with van der Waals surface area (Å²) in [6.07, 6.45) is 42.6. The molecule has 0 aromatic rings. The molecule has 0 radical (unpaired) electrons. The highest BCUT2D eigenvalue weighted by atomic mass is 16.5. The number of unbranched alkanes of at least 4 members (excludes halogenated alkanes) is 17. The summed E-state index contributed by atoms with van der Waals surface area (Å²) in [5, 5.41) is 0. The fourth-order valence-electron chi connectivity index (χ4n) is 10.9. The van der Waals surface area contributed by atoms with E-state index >= 15 is 0 Å². The Morgan fingerprint density at radius 3 is 1.00 bits per heavy atom. The molecule has 0 aromatic carbocycles. The Morgan fingerprint density at radius 2 is 0.667 bits per heavy atom. The van der Waals surface area contributed by atoms with Gasteiger partial charge in [-0.3, -0.25) is 4.79 Å². The van der Waals surface area contributed by atoms with Crippen molar-refractivity contribution in [2.45, 2.75) is 295 Å². The first kappa shape index (κ1) is 53.5. The molecule has 0 fully saturated rings. The average Bonchev–Trinajstić information content (AvgIpc) is 3.19. The van der Waals surface area contributed by atoms with Crippen molar-refractivity contribution in [1.29, 1.82) is 0 Å². The number of rotatable bonds is 39. The standard InChI is InChI=1S/C52H104O2/c1-13-24-26-27-28-29-30-31-32-33-34-35-36-37-38-40-42-54-47(53)48(12,15-3)43-52(44-49(16-4,17-5)18-6,45-50(19-7,20-8)21-9)46-51(22-10,23-11)41-39-25-14-2/h13-46H2,1-12H3. The van der Waals surface area contributed by atoms with Crippen LogP contribution in [0.15, 0.2) is 0 Å². The lowest BCUT2D eigenvalue weighted by molar-refractivity contribution is -0.160. The molecule has 0 amide bonds. The van der Waals surface area contributed by atoms with Gasteiger partial charge < -0.3 is 4.74 Å². The Morgan fingerprint density at radius 1 is 0.352 bits per heavy atom. The van der Waals surface area contributed by atoms with Gasteiger partial charge in [-0.1, -0.05) is 243 Å². The van der Waals surface area contributed by atoms with Gasteiger partial charge in [0.15, 0.2) is 0 Å². The summed E-state index contributed by atoms with van der Waals surface area (Å²) in [5.74, 6) is 0.0881. The zero-order valence-corrected chi connectivity index (χ0v) is 39.9. The monoisotopic (exact) mass is 761 g/mol. The third-order valence-corrected chi connectivity index (χ3v) is 15.8. The van der Waals surface area contributed by atoms with E-state index in [-0.39, 0.29) is 11.4 Å². The molecule has 2 heteroatoms. The molecular weight excluding hydrogens is 657 g/mol. The molecule has 0 heterocycles. The SMILES string of the molecule is CCCCCCCCCCCCCCCCCCOC(=O)C(C)(CC)CC(CC(CC)(CC)CC)(CC(CC)(CC)CC)CC(CC)(CC)CCCCC. The van der Waals surface area contributed by atoms with Gasteiger partial charge in [-0.2, -0.15) is 0 Å². The summed E-state index contributed by atoms with van der Waals surface area (Å²) in [6.45, 7) is 29.5. The van der Waals surface area contributed by atoms with Crippen LogP contribution in [0.3, 0.4) is 0 Å². The number of hydrogen-bond donors (Lipinski definition) is 0. The molecule has 0 bridgehead atoms. The van der Waals surface area contributed by atoms with Crippen LogP contribution in [-0.2, 0) is 9.53 Å². The van der Waals surface area contributed by atoms with Gasteiger partial charge in [0.1, 0.15) is 0 Å². The first-order valence-electron chi connectivity index (χ1n) is 25.1. The van der Waals surface area contributed by atoms with Gasteiger partial charge in [-0.15, -0.1) is 0 Å². The fourth-order valence-corrected chi connectivity index (χ4v) is 10.9. The van der Waals surface area contributed by atoms with Crippen molar-refractivity contribution in [2.24, 2.45) is 27.1 Å². The van der Waals surface area contributed by atoms with E-state index in [0.717, 1.165) is 19.3 Å². The molecule has 324 valence electrons. The molecule has 0 aliphatic heterocycles. The smallest absolute Gasteiger partial charge is 0.311 e. The van der Waals surface area contributed by atoms with Gasteiger partial charge in [0.05, 0.1) is 12.0 Å². The zero-order chi connectivity index (χ0) is 40.8. The number of esters is 1. The Bertz CT molecular complexity index is 823. The van der Waals surface area contributed by atoms with Crippen LogP contribution in [0.1, 0.15) is 295 Å². The normalized spacial score (nSPS) is 14.1. The summed E-state index contributed by atoms with van der Waals surface area (Å²) in [5.41, 5.74) is 0.643. The summed E-state index contributed by atoms with van der Waals surface area (Å²) < 4.78 is 6.30. The predicted molar refractivity (Wildman–Crippen MR) is 244 cm³/mol. The highest BCUT2D eigenvalue weighted by Crippen LogP contribution is 2.60. The number of hydrogen-bond acceptors (Lipinski definition) is 2. The lowest BCUT2D eigenvalue weighted by atomic mass is 9.51. The minimum absolute atomic E-state index is 0.0881. The Labute approximate surface area is 343 Å². The molecule has 0 aliphatic rings. The van der Waals surface area contributed by atoms with Gasteiger partial charge in [-0.25, -0.2) is 0 Å². The summed E-state index contributed by atoms with van der Waals surface area (Å²) in [6, 6.07) is 0. The van der Waals surface area contributed by atoms with Gasteiger partial charge in [0.25, 0.3) is 0 Å². The van der Waals surface area contributed by atoms with E-state index in [1.165, 1.54) is 193 Å². The van der Waals surface area contributed by atoms with Gasteiger partial charge in [0, 0.05) is 0 Å². The topological polar surface area (TPSA) is 26.3 Å². The second-order valence-electron chi connectivity index (χ2n) is 19.3. The lowest BCUT2D eigenvalue weighted by Gasteiger charge is -2.54. The van der Waals surface area contributed by atoms with Crippen molar-refractivity contribution in [1.82, 2.24) is 0 Å². The molecule has 0 N–H and O–H groups in total. The molecule has 0 rings (SSSR count). The minimum atomic E-state index is -0.451. The Balaban J connectivity index is 5.77. The summed E-state index contributed by atoms with van der Waals surface area (Å²) in [7, 11) is 0. The third-order valence-electron chi connectivity index (χ3n) is 15.8. The molecule has 0 spiro atoms. The minimum Gasteiger partial charge on any atom is -0.465 e. The van der Waals surface area contributed by atoms with E-state index in [2.05, 4.69) is 83.1 Å². The molecule has 0 saturated heterocycles. The van der Waals surface area contributed by atoms with Crippen molar-refractivity contribution in [3.63, 3.8) is 0 Å². The maximum Gasteiger partial charge on any atom is 0.311 e. The van der Waals surface area contributed by atoms with E-state index in [0.29, 0.717) is 22.9 Å². The maximum atomic E-state index is 14.4. The van der Waals surface area contributed by atoms with E-state index < -0.39 is 5.41 Å². The van der Waals surface area contributed by atoms with Crippen LogP contribution in [0.4, 0.5) is 0 Å². The highest BCUT2D eigenvalue weighted by Gasteiger charge is 2.51. The van der Waals surface area contributed by atoms with Crippen LogP contribution in [0.5, 0.6) is 0 Å². The van der Waals surface area contributed by atoms with Crippen LogP contribution in [-0.4, -0.2) is 12.6 Å². The average molecular weight is 761 g/mol. The first-order valence-corrected chi connectivity index (χ1v) is 25.1. The predicted octanol–water partition coefficient (Wildman–Crippen LogP) is 18.6. The Kier molecular flexibility index (Phi) is 30.2. The van der Waals surface area contributed by atoms with Crippen LogP contribution >= 0.6 is 0 Å². The van der Waals surface area contributed by atoms with Crippen LogP contribution in [0, 0.1) is 27.1 Å². The van der Waals surface area contributed by atoms with Crippen molar-refractivity contribution in [3.05, 3.63) is 0 Å². The van der Waals surface area contributed by atoms with E-state index in [1.54, 1.807) is 0 Å². The second-order valence-corrected chi connectivity index (χ2v) is 19.3. The highest BCUT2D eigenvalue weighted by molar-refractivity contribution is 5.76. The maximum absolute atomic E-state index is 14.4. The van der Waals surface area contributed by atoms with Crippen molar-refractivity contribution < 1.29 is 9.53 Å². The summed E-state index contributed by atoms with van der Waals surface area (Å²) in [4.78, 5) is 14.4. The molecule has 1 atom stereocenters. The van der Waals surface area contributed by atoms with Crippen molar-refractivity contribution in [2.75, 3.05) is 6.61 Å². The lowest BCUT2D eigenvalue weighted by Crippen LogP contribution is -2.45. The first-order chi connectivity index (χ1) is 25.9. The van der Waals surface area contributed by atoms with E-state index in [4.69, 9.17) is 4.74 Å². The zero-order valence-electron chi connectivity index (χ0n) is 39.9. The number of ether oxygens (including phenoxy) is 1. The van der Waals surface area contributed by atoms with E-state index in [9.17, 15) is 4.79 Å².